The SMILES string of the molecule is N#Cc1cc(F)cc(CNCCc2ccc(Cl)cc2)c1. The van der Waals surface area contributed by atoms with Gasteiger partial charge in [0.2, 0.25) is 0 Å². The second-order valence-corrected chi connectivity index (χ2v) is 4.95. The van der Waals surface area contributed by atoms with Gasteiger partial charge in [-0.15, -0.1) is 0 Å². The van der Waals surface area contributed by atoms with Crippen LogP contribution in [0.25, 0.3) is 0 Å². The lowest BCUT2D eigenvalue weighted by molar-refractivity contribution is 0.619. The predicted octanol–water partition coefficient (Wildman–Crippen LogP) is 3.68. The van der Waals surface area contributed by atoms with Crippen LogP contribution in [-0.2, 0) is 13.0 Å². The van der Waals surface area contributed by atoms with Crippen molar-refractivity contribution in [3.8, 4) is 6.07 Å². The van der Waals surface area contributed by atoms with Crippen molar-refractivity contribution in [2.75, 3.05) is 6.54 Å². The molecule has 1 N–H and O–H groups in total. The van der Waals surface area contributed by atoms with Crippen molar-refractivity contribution in [2.45, 2.75) is 13.0 Å². The summed E-state index contributed by atoms with van der Waals surface area (Å²) in [6.45, 7) is 1.32. The van der Waals surface area contributed by atoms with Gasteiger partial charge < -0.3 is 5.32 Å². The molecule has 2 rings (SSSR count). The van der Waals surface area contributed by atoms with Crippen molar-refractivity contribution >= 4 is 11.6 Å². The Labute approximate surface area is 122 Å². The first-order valence-electron chi connectivity index (χ1n) is 6.32. The summed E-state index contributed by atoms with van der Waals surface area (Å²) >= 11 is 5.82. The van der Waals surface area contributed by atoms with Gasteiger partial charge in [0.1, 0.15) is 5.82 Å². The molecule has 0 spiro atoms. The molecule has 0 aliphatic heterocycles. The van der Waals surface area contributed by atoms with Crippen molar-refractivity contribution in [3.05, 3.63) is 70.0 Å². The molecule has 2 nitrogen and oxygen atoms in total. The molecule has 0 fully saturated rings. The summed E-state index contributed by atoms with van der Waals surface area (Å²) in [5.41, 5.74) is 2.32. The highest BCUT2D eigenvalue weighted by molar-refractivity contribution is 6.30. The molecule has 2 aromatic carbocycles. The monoisotopic (exact) mass is 288 g/mol. The number of nitriles is 1. The first kappa shape index (κ1) is 14.5. The van der Waals surface area contributed by atoms with Gasteiger partial charge in [-0.05, 0) is 54.4 Å². The summed E-state index contributed by atoms with van der Waals surface area (Å²) in [4.78, 5) is 0. The van der Waals surface area contributed by atoms with Crippen molar-refractivity contribution in [3.63, 3.8) is 0 Å². The first-order valence-corrected chi connectivity index (χ1v) is 6.70. The van der Waals surface area contributed by atoms with E-state index in [2.05, 4.69) is 5.32 Å². The largest absolute Gasteiger partial charge is 0.312 e. The van der Waals surface area contributed by atoms with Crippen molar-refractivity contribution in [2.24, 2.45) is 0 Å². The van der Waals surface area contributed by atoms with Crippen molar-refractivity contribution < 1.29 is 4.39 Å². The molecule has 4 heteroatoms. The molecule has 0 heterocycles. The Hall–Kier alpha value is -1.89. The molecule has 0 aliphatic carbocycles. The van der Waals surface area contributed by atoms with Crippen LogP contribution in [0.15, 0.2) is 42.5 Å². The fourth-order valence-electron chi connectivity index (χ4n) is 1.93. The summed E-state index contributed by atoms with van der Waals surface area (Å²) < 4.78 is 13.2. The van der Waals surface area contributed by atoms with Crippen LogP contribution in [0.5, 0.6) is 0 Å². The Morgan fingerprint density at radius 2 is 1.85 bits per heavy atom. The number of hydrogen-bond donors (Lipinski definition) is 1. The molecule has 0 saturated carbocycles. The third-order valence-corrected chi connectivity index (χ3v) is 3.17. The van der Waals surface area contributed by atoms with Gasteiger partial charge in [0.15, 0.2) is 0 Å². The van der Waals surface area contributed by atoms with E-state index in [1.165, 1.54) is 17.7 Å². The third kappa shape index (κ3) is 4.34. The molecule has 0 radical (unpaired) electrons. The van der Waals surface area contributed by atoms with Crippen LogP contribution in [0.4, 0.5) is 4.39 Å². The number of rotatable bonds is 5. The van der Waals surface area contributed by atoms with Crippen LogP contribution in [0, 0.1) is 17.1 Å². The number of hydrogen-bond acceptors (Lipinski definition) is 2. The summed E-state index contributed by atoms with van der Waals surface area (Å²) in [7, 11) is 0. The summed E-state index contributed by atoms with van der Waals surface area (Å²) in [6.07, 6.45) is 0.873. The normalized spacial score (nSPS) is 10.2. The zero-order valence-corrected chi connectivity index (χ0v) is 11.6. The number of halogens is 2. The molecule has 2 aromatic rings. The number of nitrogens with one attached hydrogen (secondary N) is 1. The van der Waals surface area contributed by atoms with E-state index in [1.54, 1.807) is 6.07 Å². The van der Waals surface area contributed by atoms with Gasteiger partial charge in [-0.2, -0.15) is 5.26 Å². The van der Waals surface area contributed by atoms with E-state index in [1.807, 2.05) is 30.3 Å². The van der Waals surface area contributed by atoms with E-state index in [4.69, 9.17) is 16.9 Å². The second kappa shape index (κ2) is 7.04. The van der Waals surface area contributed by atoms with Crippen molar-refractivity contribution in [1.82, 2.24) is 5.32 Å². The molecular formula is C16H14ClFN2. The lowest BCUT2D eigenvalue weighted by atomic mass is 10.1. The summed E-state index contributed by atoms with van der Waals surface area (Å²) in [6, 6.07) is 14.0. The Morgan fingerprint density at radius 1 is 1.10 bits per heavy atom. The Bertz CT molecular complexity index is 617. The highest BCUT2D eigenvalue weighted by Crippen LogP contribution is 2.10. The van der Waals surface area contributed by atoms with Crippen LogP contribution < -0.4 is 5.32 Å². The second-order valence-electron chi connectivity index (χ2n) is 4.51. The van der Waals surface area contributed by atoms with Crippen LogP contribution >= 0.6 is 11.6 Å². The Kier molecular flexibility index (Phi) is 5.11. The molecule has 0 aliphatic rings. The highest BCUT2D eigenvalue weighted by atomic mass is 35.5. The minimum absolute atomic E-state index is 0.347. The van der Waals surface area contributed by atoms with E-state index < -0.39 is 0 Å². The topological polar surface area (TPSA) is 35.8 Å². The average Bonchev–Trinajstić information content (AvgIpc) is 2.45. The Balaban J connectivity index is 1.83. The smallest absolute Gasteiger partial charge is 0.124 e. The molecule has 20 heavy (non-hydrogen) atoms. The zero-order chi connectivity index (χ0) is 14.4. The summed E-state index contributed by atoms with van der Waals surface area (Å²) in [5.74, 6) is -0.376. The molecular weight excluding hydrogens is 275 g/mol. The predicted molar refractivity (Wildman–Crippen MR) is 78.0 cm³/mol. The van der Waals surface area contributed by atoms with E-state index in [-0.39, 0.29) is 5.82 Å². The van der Waals surface area contributed by atoms with Gasteiger partial charge in [0.25, 0.3) is 0 Å². The van der Waals surface area contributed by atoms with Gasteiger partial charge in [0, 0.05) is 11.6 Å². The molecule has 0 saturated heterocycles. The lowest BCUT2D eigenvalue weighted by Gasteiger charge is -2.06. The molecule has 0 aromatic heterocycles. The van der Waals surface area contributed by atoms with Crippen LogP contribution in [-0.4, -0.2) is 6.54 Å². The van der Waals surface area contributed by atoms with Crippen molar-refractivity contribution in [1.29, 1.82) is 5.26 Å². The fourth-order valence-corrected chi connectivity index (χ4v) is 2.06. The van der Waals surface area contributed by atoms with E-state index in [0.29, 0.717) is 12.1 Å². The molecule has 102 valence electrons. The number of nitrogens with zero attached hydrogens (tertiary/aromatic N) is 1. The van der Waals surface area contributed by atoms with E-state index in [0.717, 1.165) is 23.6 Å². The minimum atomic E-state index is -0.376. The average molecular weight is 289 g/mol. The van der Waals surface area contributed by atoms with Gasteiger partial charge in [0.05, 0.1) is 11.6 Å². The quantitative estimate of drug-likeness (QED) is 0.852. The zero-order valence-electron chi connectivity index (χ0n) is 10.9. The summed E-state index contributed by atoms with van der Waals surface area (Å²) in [5, 5.41) is 12.7. The van der Waals surface area contributed by atoms with Gasteiger partial charge in [-0.1, -0.05) is 23.7 Å². The highest BCUT2D eigenvalue weighted by Gasteiger charge is 2.00. The molecule has 0 bridgehead atoms. The standard InChI is InChI=1S/C16H14ClFN2/c17-15-3-1-12(2-4-15)5-6-20-11-14-7-13(10-19)8-16(18)9-14/h1-4,7-9,20H,5-6,11H2. The lowest BCUT2D eigenvalue weighted by Crippen LogP contribution is -2.16. The fraction of sp³-hybridized carbons (Fsp3) is 0.188. The van der Waals surface area contributed by atoms with Crippen LogP contribution in [0.3, 0.4) is 0 Å². The maximum Gasteiger partial charge on any atom is 0.124 e. The maximum atomic E-state index is 13.2. The Morgan fingerprint density at radius 3 is 2.55 bits per heavy atom. The first-order chi connectivity index (χ1) is 9.67. The maximum absolute atomic E-state index is 13.2. The number of benzene rings is 2. The minimum Gasteiger partial charge on any atom is -0.312 e. The van der Waals surface area contributed by atoms with Gasteiger partial charge >= 0.3 is 0 Å². The van der Waals surface area contributed by atoms with Gasteiger partial charge in [-0.25, -0.2) is 4.39 Å². The van der Waals surface area contributed by atoms with Gasteiger partial charge in [-0.3, -0.25) is 0 Å². The van der Waals surface area contributed by atoms with E-state index >= 15 is 0 Å². The third-order valence-electron chi connectivity index (χ3n) is 2.92. The molecule has 0 atom stereocenters. The van der Waals surface area contributed by atoms with E-state index in [9.17, 15) is 4.39 Å². The van der Waals surface area contributed by atoms with Crippen LogP contribution in [0.2, 0.25) is 5.02 Å². The van der Waals surface area contributed by atoms with Crippen LogP contribution in [0.1, 0.15) is 16.7 Å². The molecule has 0 unspecified atom stereocenters. The molecule has 0 amide bonds.